The monoisotopic (exact) mass is 345 g/mol. The molecule has 3 rings (SSSR count). The molecule has 134 valence electrons. The number of methoxy groups -OCH3 is 1. The van der Waals surface area contributed by atoms with Crippen molar-refractivity contribution >= 4 is 5.91 Å². The van der Waals surface area contributed by atoms with E-state index in [1.54, 1.807) is 7.11 Å². The van der Waals surface area contributed by atoms with Crippen molar-refractivity contribution < 1.29 is 18.8 Å². The Balaban J connectivity index is 1.58. The zero-order chi connectivity index (χ0) is 17.8. The Morgan fingerprint density at radius 1 is 1.32 bits per heavy atom. The molecule has 1 aliphatic rings. The molecule has 1 saturated heterocycles. The molecule has 2 aromatic rings. The lowest BCUT2D eigenvalue weighted by molar-refractivity contribution is -0.143. The molecule has 0 aliphatic carbocycles. The van der Waals surface area contributed by atoms with Crippen LogP contribution in [0, 0.1) is 0 Å². The van der Waals surface area contributed by atoms with Gasteiger partial charge in [0.15, 0.2) is 0 Å². The molecule has 1 aromatic heterocycles. The maximum atomic E-state index is 12.4. The van der Waals surface area contributed by atoms with Crippen LogP contribution in [-0.4, -0.2) is 53.4 Å². The first kappa shape index (κ1) is 17.4. The maximum absolute atomic E-state index is 12.4. The van der Waals surface area contributed by atoms with Gasteiger partial charge in [-0.3, -0.25) is 4.79 Å². The predicted molar refractivity (Wildman–Crippen MR) is 91.2 cm³/mol. The van der Waals surface area contributed by atoms with Gasteiger partial charge in [0.1, 0.15) is 5.75 Å². The number of carbonyl (C=O) groups is 1. The van der Waals surface area contributed by atoms with Crippen LogP contribution in [0.25, 0.3) is 11.4 Å². The highest BCUT2D eigenvalue weighted by atomic mass is 16.5. The predicted octanol–water partition coefficient (Wildman–Crippen LogP) is 2.31. The lowest BCUT2D eigenvalue weighted by Crippen LogP contribution is -2.50. The van der Waals surface area contributed by atoms with Gasteiger partial charge < -0.3 is 18.9 Å². The van der Waals surface area contributed by atoms with Crippen LogP contribution in [0.4, 0.5) is 0 Å². The van der Waals surface area contributed by atoms with E-state index in [9.17, 15) is 4.79 Å². The molecule has 2 heterocycles. The lowest BCUT2D eigenvalue weighted by atomic mass is 10.1. The van der Waals surface area contributed by atoms with Crippen molar-refractivity contribution in [1.82, 2.24) is 15.0 Å². The number of amides is 1. The molecule has 1 aromatic carbocycles. The fourth-order valence-corrected chi connectivity index (χ4v) is 2.82. The quantitative estimate of drug-likeness (QED) is 0.827. The number of hydrogen-bond donors (Lipinski definition) is 0. The van der Waals surface area contributed by atoms with Crippen LogP contribution in [0.15, 0.2) is 28.8 Å². The highest BCUT2D eigenvalue weighted by Gasteiger charge is 2.27. The van der Waals surface area contributed by atoms with Gasteiger partial charge in [-0.2, -0.15) is 4.98 Å². The first-order valence-electron chi connectivity index (χ1n) is 8.45. The van der Waals surface area contributed by atoms with Gasteiger partial charge in [-0.05, 0) is 38.1 Å². The van der Waals surface area contributed by atoms with E-state index >= 15 is 0 Å². The summed E-state index contributed by atoms with van der Waals surface area (Å²) in [6.45, 7) is 5.18. The fourth-order valence-electron chi connectivity index (χ4n) is 2.82. The van der Waals surface area contributed by atoms with Crippen LogP contribution in [0.5, 0.6) is 5.75 Å². The van der Waals surface area contributed by atoms with Crippen LogP contribution < -0.4 is 4.74 Å². The van der Waals surface area contributed by atoms with Crippen LogP contribution in [0.3, 0.4) is 0 Å². The minimum absolute atomic E-state index is 0.0743. The second-order valence-corrected chi connectivity index (χ2v) is 6.28. The molecule has 0 N–H and O–H groups in total. The number of aryl methyl sites for hydroxylation is 1. The molecule has 0 bridgehead atoms. The van der Waals surface area contributed by atoms with Gasteiger partial charge >= 0.3 is 0 Å². The Labute approximate surface area is 146 Å². The molecule has 1 amide bonds. The van der Waals surface area contributed by atoms with Crippen molar-refractivity contribution in [3.63, 3.8) is 0 Å². The van der Waals surface area contributed by atoms with Gasteiger partial charge in [0.2, 0.25) is 17.6 Å². The Hall–Kier alpha value is -2.41. The normalized spacial score (nSPS) is 20.5. The van der Waals surface area contributed by atoms with E-state index in [-0.39, 0.29) is 18.1 Å². The molecule has 0 radical (unpaired) electrons. The van der Waals surface area contributed by atoms with E-state index in [1.165, 1.54) is 0 Å². The average molecular weight is 345 g/mol. The highest BCUT2D eigenvalue weighted by molar-refractivity contribution is 5.76. The van der Waals surface area contributed by atoms with E-state index in [1.807, 2.05) is 43.0 Å². The number of aromatic nitrogens is 2. The van der Waals surface area contributed by atoms with Gasteiger partial charge in [-0.15, -0.1) is 0 Å². The van der Waals surface area contributed by atoms with Crippen molar-refractivity contribution in [3.8, 4) is 17.1 Å². The van der Waals surface area contributed by atoms with E-state index in [0.717, 1.165) is 11.3 Å². The second kappa shape index (κ2) is 7.65. The molecular formula is C18H23N3O4. The van der Waals surface area contributed by atoms with Crippen LogP contribution in [0.2, 0.25) is 0 Å². The number of morpholine rings is 1. The van der Waals surface area contributed by atoms with Gasteiger partial charge in [0.05, 0.1) is 25.9 Å². The summed E-state index contributed by atoms with van der Waals surface area (Å²) in [6.07, 6.45) is 0.854. The number of ether oxygens (including phenoxy) is 2. The minimum atomic E-state index is 0.0743. The van der Waals surface area contributed by atoms with Gasteiger partial charge in [0, 0.05) is 24.9 Å². The van der Waals surface area contributed by atoms with Gasteiger partial charge in [-0.25, -0.2) is 0 Å². The van der Waals surface area contributed by atoms with Crippen LogP contribution in [0.1, 0.15) is 26.2 Å². The Kier molecular flexibility index (Phi) is 5.33. The summed E-state index contributed by atoms with van der Waals surface area (Å²) >= 11 is 0. The Morgan fingerprint density at radius 3 is 2.80 bits per heavy atom. The number of carbonyl (C=O) groups excluding carboxylic acids is 1. The summed E-state index contributed by atoms with van der Waals surface area (Å²) in [6, 6.07) is 7.53. The molecule has 25 heavy (non-hydrogen) atoms. The first-order valence-corrected chi connectivity index (χ1v) is 8.45. The molecule has 7 heteroatoms. The maximum Gasteiger partial charge on any atom is 0.227 e. The van der Waals surface area contributed by atoms with Gasteiger partial charge in [-0.1, -0.05) is 5.16 Å². The third kappa shape index (κ3) is 4.17. The summed E-state index contributed by atoms with van der Waals surface area (Å²) in [5.41, 5.74) is 0.845. The summed E-state index contributed by atoms with van der Waals surface area (Å²) < 4.78 is 16.0. The Bertz CT molecular complexity index is 713. The second-order valence-electron chi connectivity index (χ2n) is 6.28. The van der Waals surface area contributed by atoms with Crippen molar-refractivity contribution in [2.45, 2.75) is 38.8 Å². The summed E-state index contributed by atoms with van der Waals surface area (Å²) in [4.78, 5) is 18.7. The minimum Gasteiger partial charge on any atom is -0.497 e. The van der Waals surface area contributed by atoms with Crippen LogP contribution >= 0.6 is 0 Å². The third-order valence-corrected chi connectivity index (χ3v) is 4.30. The molecule has 2 atom stereocenters. The van der Waals surface area contributed by atoms with E-state index in [0.29, 0.717) is 37.7 Å². The van der Waals surface area contributed by atoms with Crippen LogP contribution in [-0.2, 0) is 16.0 Å². The lowest BCUT2D eigenvalue weighted by Gasteiger charge is -2.36. The van der Waals surface area contributed by atoms with E-state index in [2.05, 4.69) is 10.1 Å². The fraction of sp³-hybridized carbons (Fsp3) is 0.500. The first-order chi connectivity index (χ1) is 12.1. The molecular weight excluding hydrogens is 322 g/mol. The summed E-state index contributed by atoms with van der Waals surface area (Å²) in [5, 5.41) is 3.99. The molecule has 1 fully saturated rings. The van der Waals surface area contributed by atoms with E-state index in [4.69, 9.17) is 14.0 Å². The topological polar surface area (TPSA) is 77.7 Å². The molecule has 0 spiro atoms. The largest absolute Gasteiger partial charge is 0.497 e. The number of nitrogens with zero attached hydrogens (tertiary/aromatic N) is 3. The molecule has 0 saturated carbocycles. The number of benzene rings is 1. The Morgan fingerprint density at radius 2 is 2.08 bits per heavy atom. The highest BCUT2D eigenvalue weighted by Crippen LogP contribution is 2.20. The third-order valence-electron chi connectivity index (χ3n) is 4.30. The summed E-state index contributed by atoms with van der Waals surface area (Å²) in [7, 11) is 1.62. The number of rotatable bonds is 5. The average Bonchev–Trinajstić information content (AvgIpc) is 3.11. The SMILES string of the molecule is COc1ccc(-c2noc(CCC(=O)N3CC(C)OCC3C)n2)cc1. The van der Waals surface area contributed by atoms with Crippen molar-refractivity contribution in [2.75, 3.05) is 20.3 Å². The van der Waals surface area contributed by atoms with Crippen molar-refractivity contribution in [2.24, 2.45) is 0 Å². The smallest absolute Gasteiger partial charge is 0.227 e. The summed E-state index contributed by atoms with van der Waals surface area (Å²) in [5.74, 6) is 1.84. The zero-order valence-electron chi connectivity index (χ0n) is 14.8. The molecule has 2 unspecified atom stereocenters. The van der Waals surface area contributed by atoms with Crippen molar-refractivity contribution in [1.29, 1.82) is 0 Å². The molecule has 7 nitrogen and oxygen atoms in total. The number of hydrogen-bond acceptors (Lipinski definition) is 6. The van der Waals surface area contributed by atoms with Crippen molar-refractivity contribution in [3.05, 3.63) is 30.2 Å². The molecule has 1 aliphatic heterocycles. The van der Waals surface area contributed by atoms with Gasteiger partial charge in [0.25, 0.3) is 0 Å². The van der Waals surface area contributed by atoms with E-state index < -0.39 is 0 Å². The zero-order valence-corrected chi connectivity index (χ0v) is 14.8. The standard InChI is InChI=1S/C18H23N3O4/c1-12-11-24-13(2)10-21(12)17(22)9-8-16-19-18(20-25-16)14-4-6-15(23-3)7-5-14/h4-7,12-13H,8-11H2,1-3H3.